The maximum atomic E-state index is 4.49. The van der Waals surface area contributed by atoms with E-state index in [-0.39, 0.29) is 5.41 Å². The zero-order chi connectivity index (χ0) is 39.5. The topological polar surface area (TPSA) is 6.48 Å². The Morgan fingerprint density at radius 1 is 0.556 bits per heavy atom. The Kier molecular flexibility index (Phi) is 17.8. The first kappa shape index (κ1) is 43.3. The molecule has 0 saturated heterocycles. The number of benzene rings is 4. The summed E-state index contributed by atoms with van der Waals surface area (Å²) in [6.45, 7) is 25.1. The van der Waals surface area contributed by atoms with Crippen molar-refractivity contribution in [3.63, 3.8) is 0 Å². The molecule has 0 aromatic heterocycles. The van der Waals surface area contributed by atoms with E-state index in [0.717, 1.165) is 47.0 Å². The minimum Gasteiger partial charge on any atom is -0.311 e. The van der Waals surface area contributed by atoms with Crippen LogP contribution in [0.15, 0.2) is 169 Å². The highest BCUT2D eigenvalue weighted by atomic mass is 15.1. The third-order valence-corrected chi connectivity index (χ3v) is 9.98. The van der Waals surface area contributed by atoms with Gasteiger partial charge in [-0.05, 0) is 132 Å². The molecule has 0 atom stereocenters. The SMILES string of the molecule is C=C(/C=C\C(C)=C/C)N(c1ccc(C)cc1)c1ccc(C2(c3ccc(N(C(/C=C\C)=C/C=C/C)c4ccc(C)cc4)cc3)CCCCC2)cc1.CC.CC. The third kappa shape index (κ3) is 11.0. The molecule has 0 N–H and O–H groups in total. The fourth-order valence-electron chi connectivity index (χ4n) is 7.04. The highest BCUT2D eigenvalue weighted by Gasteiger charge is 2.36. The summed E-state index contributed by atoms with van der Waals surface area (Å²) in [4.78, 5) is 4.61. The molecule has 1 aliphatic rings. The Hall–Kier alpha value is -5.08. The molecule has 2 heteroatoms. The highest BCUT2D eigenvalue weighted by Crippen LogP contribution is 2.46. The van der Waals surface area contributed by atoms with Gasteiger partial charge in [-0.25, -0.2) is 0 Å². The Labute approximate surface area is 329 Å². The normalized spacial score (nSPS) is 14.3. The lowest BCUT2D eigenvalue weighted by Crippen LogP contribution is -2.30. The van der Waals surface area contributed by atoms with Crippen molar-refractivity contribution < 1.29 is 0 Å². The number of hydrogen-bond acceptors (Lipinski definition) is 2. The van der Waals surface area contributed by atoms with Crippen molar-refractivity contribution in [2.75, 3.05) is 9.80 Å². The zero-order valence-electron chi connectivity index (χ0n) is 35.0. The van der Waals surface area contributed by atoms with Crippen LogP contribution in [0.25, 0.3) is 0 Å². The zero-order valence-corrected chi connectivity index (χ0v) is 35.0. The van der Waals surface area contributed by atoms with Crippen LogP contribution in [0.1, 0.15) is 110 Å². The second kappa shape index (κ2) is 22.2. The molecule has 0 aliphatic heterocycles. The van der Waals surface area contributed by atoms with Gasteiger partial charge in [0.15, 0.2) is 0 Å². The van der Waals surface area contributed by atoms with Gasteiger partial charge in [-0.3, -0.25) is 0 Å². The average molecular weight is 719 g/mol. The summed E-state index contributed by atoms with van der Waals surface area (Å²) >= 11 is 0. The molecule has 0 radical (unpaired) electrons. The molecule has 1 aliphatic carbocycles. The summed E-state index contributed by atoms with van der Waals surface area (Å²) in [5, 5.41) is 0. The molecule has 0 heterocycles. The number of nitrogens with zero attached hydrogens (tertiary/aromatic N) is 2. The molecule has 0 spiro atoms. The molecule has 0 amide bonds. The van der Waals surface area contributed by atoms with E-state index in [9.17, 15) is 0 Å². The summed E-state index contributed by atoms with van der Waals surface area (Å²) in [5.74, 6) is 0. The van der Waals surface area contributed by atoms with Crippen LogP contribution in [-0.4, -0.2) is 0 Å². The van der Waals surface area contributed by atoms with Crippen molar-refractivity contribution in [1.82, 2.24) is 0 Å². The van der Waals surface area contributed by atoms with E-state index in [1.807, 2.05) is 27.7 Å². The van der Waals surface area contributed by atoms with Crippen LogP contribution in [0.3, 0.4) is 0 Å². The van der Waals surface area contributed by atoms with Crippen LogP contribution in [0, 0.1) is 13.8 Å². The molecule has 54 heavy (non-hydrogen) atoms. The van der Waals surface area contributed by atoms with E-state index < -0.39 is 0 Å². The summed E-state index contributed by atoms with van der Waals surface area (Å²) < 4.78 is 0. The first-order valence-electron chi connectivity index (χ1n) is 20.2. The quantitative estimate of drug-likeness (QED) is 0.135. The number of anilines is 4. The van der Waals surface area contributed by atoms with Gasteiger partial charge in [0, 0.05) is 39.6 Å². The Morgan fingerprint density at radius 3 is 1.39 bits per heavy atom. The first-order valence-corrected chi connectivity index (χ1v) is 20.2. The van der Waals surface area contributed by atoms with Gasteiger partial charge in [0.05, 0.1) is 0 Å². The van der Waals surface area contributed by atoms with Crippen molar-refractivity contribution >= 4 is 22.7 Å². The Morgan fingerprint density at radius 2 is 0.981 bits per heavy atom. The molecular formula is C52H66N2. The molecular weight excluding hydrogens is 653 g/mol. The van der Waals surface area contributed by atoms with Crippen LogP contribution < -0.4 is 9.80 Å². The first-order chi connectivity index (χ1) is 26.3. The molecule has 2 nitrogen and oxygen atoms in total. The van der Waals surface area contributed by atoms with E-state index in [1.54, 1.807) is 0 Å². The van der Waals surface area contributed by atoms with Crippen LogP contribution in [0.4, 0.5) is 22.7 Å². The predicted octanol–water partition coefficient (Wildman–Crippen LogP) is 16.0. The van der Waals surface area contributed by atoms with Gasteiger partial charge in [0.2, 0.25) is 0 Å². The monoisotopic (exact) mass is 719 g/mol. The smallest absolute Gasteiger partial charge is 0.0461 e. The molecule has 1 fully saturated rings. The van der Waals surface area contributed by atoms with E-state index in [0.29, 0.717) is 0 Å². The van der Waals surface area contributed by atoms with Gasteiger partial charge >= 0.3 is 0 Å². The van der Waals surface area contributed by atoms with Crippen molar-refractivity contribution in [3.05, 3.63) is 191 Å². The van der Waals surface area contributed by atoms with E-state index in [4.69, 9.17) is 0 Å². The molecule has 5 rings (SSSR count). The van der Waals surface area contributed by atoms with Crippen molar-refractivity contribution in [2.45, 2.75) is 107 Å². The summed E-state index contributed by atoms with van der Waals surface area (Å²) in [6.07, 6.45) is 23.1. The predicted molar refractivity (Wildman–Crippen MR) is 242 cm³/mol. The van der Waals surface area contributed by atoms with Gasteiger partial charge in [-0.2, -0.15) is 0 Å². The van der Waals surface area contributed by atoms with Crippen LogP contribution in [0.5, 0.6) is 0 Å². The molecule has 284 valence electrons. The molecule has 4 aromatic rings. The fraction of sp³-hybridized carbons (Fsp3) is 0.308. The molecule has 4 aromatic carbocycles. The van der Waals surface area contributed by atoms with Gasteiger partial charge in [0.25, 0.3) is 0 Å². The molecule has 0 unspecified atom stereocenters. The fourth-order valence-corrected chi connectivity index (χ4v) is 7.04. The van der Waals surface area contributed by atoms with Crippen molar-refractivity contribution in [3.8, 4) is 0 Å². The lowest BCUT2D eigenvalue weighted by Gasteiger charge is -2.39. The lowest BCUT2D eigenvalue weighted by atomic mass is 9.65. The minimum atomic E-state index is -0.0223. The van der Waals surface area contributed by atoms with E-state index in [1.165, 1.54) is 47.1 Å². The van der Waals surface area contributed by atoms with Crippen LogP contribution in [-0.2, 0) is 5.41 Å². The second-order valence-electron chi connectivity index (χ2n) is 13.6. The number of rotatable bonds is 12. The van der Waals surface area contributed by atoms with E-state index in [2.05, 4.69) is 204 Å². The summed E-state index contributed by atoms with van der Waals surface area (Å²) in [7, 11) is 0. The van der Waals surface area contributed by atoms with E-state index >= 15 is 0 Å². The Bertz CT molecular complexity index is 1860. The second-order valence-corrected chi connectivity index (χ2v) is 13.6. The number of aryl methyl sites for hydroxylation is 2. The summed E-state index contributed by atoms with van der Waals surface area (Å²) in [5.41, 5.74) is 13.1. The largest absolute Gasteiger partial charge is 0.311 e. The standard InChI is InChI=1S/C48H54N2.2C2H6/c1-8-11-16-43(15-9-2)50(46-29-20-39(6)21-30-46)47-33-25-42(26-34-47)48(35-13-12-14-36-48)41-23-31-45(32-24-41)49(40(7)22-17-37(4)10-3)44-27-18-38(5)19-28-44;2*1-2/h8-11,15-34H,7,12-14,35-36H2,1-6H3;2*1-2H3/b11-8+,15-9-,22-17-,37-10-,43-16+;;. The van der Waals surface area contributed by atoms with Gasteiger partial charge < -0.3 is 9.80 Å². The number of allylic oxidation sites excluding steroid dienone is 9. The average Bonchev–Trinajstić information content (AvgIpc) is 3.22. The molecule has 0 bridgehead atoms. The van der Waals surface area contributed by atoms with Gasteiger partial charge in [-0.15, -0.1) is 0 Å². The minimum absolute atomic E-state index is 0.0223. The van der Waals surface area contributed by atoms with Crippen LogP contribution >= 0.6 is 0 Å². The number of hydrogen-bond donors (Lipinski definition) is 0. The van der Waals surface area contributed by atoms with Crippen molar-refractivity contribution in [1.29, 1.82) is 0 Å². The maximum Gasteiger partial charge on any atom is 0.0461 e. The third-order valence-electron chi connectivity index (χ3n) is 9.98. The van der Waals surface area contributed by atoms with Crippen molar-refractivity contribution in [2.24, 2.45) is 0 Å². The van der Waals surface area contributed by atoms with Gasteiger partial charge in [-0.1, -0.05) is 149 Å². The molecule has 1 saturated carbocycles. The van der Waals surface area contributed by atoms with Gasteiger partial charge in [0.1, 0.15) is 0 Å². The van der Waals surface area contributed by atoms with Crippen LogP contribution in [0.2, 0.25) is 0 Å². The Balaban J connectivity index is 0.00000190. The highest BCUT2D eigenvalue weighted by molar-refractivity contribution is 5.72. The maximum absolute atomic E-state index is 4.49. The summed E-state index contributed by atoms with van der Waals surface area (Å²) in [6, 6.07) is 36.2. The lowest BCUT2D eigenvalue weighted by molar-refractivity contribution is 0.346.